The molecular formula is C21H23FN6O3S2. The van der Waals surface area contributed by atoms with Crippen molar-refractivity contribution < 1.29 is 17.6 Å². The minimum Gasteiger partial charge on any atom is -0.339 e. The van der Waals surface area contributed by atoms with Crippen molar-refractivity contribution in [1.29, 1.82) is 0 Å². The molecule has 3 heterocycles. The predicted molar refractivity (Wildman–Crippen MR) is 121 cm³/mol. The van der Waals surface area contributed by atoms with E-state index in [0.29, 0.717) is 10.8 Å². The van der Waals surface area contributed by atoms with Gasteiger partial charge in [0, 0.05) is 31.9 Å². The lowest BCUT2D eigenvalue weighted by Gasteiger charge is -2.34. The summed E-state index contributed by atoms with van der Waals surface area (Å²) < 4.78 is 42.3. The van der Waals surface area contributed by atoms with E-state index in [4.69, 9.17) is 0 Å². The third kappa shape index (κ3) is 5.07. The zero-order valence-corrected chi connectivity index (χ0v) is 19.8. The number of carbonyl (C=O) groups is 1. The highest BCUT2D eigenvalue weighted by Crippen LogP contribution is 2.21. The molecule has 0 unspecified atom stereocenters. The molecule has 1 aliphatic heterocycles. The summed E-state index contributed by atoms with van der Waals surface area (Å²) in [6.45, 7) is 4.56. The van der Waals surface area contributed by atoms with E-state index in [-0.39, 0.29) is 42.7 Å². The molecular weight excluding hydrogens is 467 g/mol. The Bertz CT molecular complexity index is 1260. The van der Waals surface area contributed by atoms with Gasteiger partial charge in [-0.2, -0.15) is 9.40 Å². The largest absolute Gasteiger partial charge is 0.339 e. The summed E-state index contributed by atoms with van der Waals surface area (Å²) in [5.74, 6) is -0.137. The zero-order valence-electron chi connectivity index (χ0n) is 18.2. The van der Waals surface area contributed by atoms with Crippen LogP contribution in [0.4, 0.5) is 4.39 Å². The molecule has 3 aromatic rings. The number of carbonyl (C=O) groups excluding carboxylic acids is 1. The first-order chi connectivity index (χ1) is 15.8. The van der Waals surface area contributed by atoms with Crippen molar-refractivity contribution >= 4 is 27.7 Å². The zero-order chi connectivity index (χ0) is 23.6. The summed E-state index contributed by atoms with van der Waals surface area (Å²) in [4.78, 5) is 13.9. The van der Waals surface area contributed by atoms with Gasteiger partial charge in [-0.1, -0.05) is 23.9 Å². The summed E-state index contributed by atoms with van der Waals surface area (Å²) in [5.41, 5.74) is 1.84. The normalized spacial score (nSPS) is 15.1. The molecule has 0 spiro atoms. The first-order valence-electron chi connectivity index (χ1n) is 10.3. The van der Waals surface area contributed by atoms with Crippen molar-refractivity contribution in [3.8, 4) is 5.82 Å². The standard InChI is InChI=1S/C21H23FN6O3S2/c1-15-13-16(2)28(25-15)19-7-8-20(24-23-19)32-14-21(29)26-9-11-27(12-10-26)33(30,31)18-6-4-3-5-17(18)22/h3-8,13H,9-12,14H2,1-2H3. The van der Waals surface area contributed by atoms with Gasteiger partial charge in [-0.25, -0.2) is 17.5 Å². The monoisotopic (exact) mass is 490 g/mol. The number of hydrogen-bond donors (Lipinski definition) is 0. The molecule has 1 saturated heterocycles. The lowest BCUT2D eigenvalue weighted by atomic mass is 10.3. The lowest BCUT2D eigenvalue weighted by Crippen LogP contribution is -2.51. The number of benzene rings is 1. The number of thioether (sulfide) groups is 1. The van der Waals surface area contributed by atoms with Crippen LogP contribution in [0.5, 0.6) is 0 Å². The molecule has 2 aromatic heterocycles. The van der Waals surface area contributed by atoms with Crippen molar-refractivity contribution in [3.05, 3.63) is 59.7 Å². The first-order valence-corrected chi connectivity index (χ1v) is 12.7. The number of rotatable bonds is 6. The molecule has 174 valence electrons. The van der Waals surface area contributed by atoms with Crippen LogP contribution >= 0.6 is 11.8 Å². The number of piperazine rings is 1. The van der Waals surface area contributed by atoms with Crippen molar-refractivity contribution in [2.24, 2.45) is 0 Å². The first kappa shape index (κ1) is 23.3. The fourth-order valence-corrected chi connectivity index (χ4v) is 5.77. The molecule has 0 aliphatic carbocycles. The number of sulfonamides is 1. The second-order valence-corrected chi connectivity index (χ2v) is 10.5. The van der Waals surface area contributed by atoms with Crippen LogP contribution in [-0.2, 0) is 14.8 Å². The summed E-state index contributed by atoms with van der Waals surface area (Å²) in [6.07, 6.45) is 0. The molecule has 0 radical (unpaired) electrons. The third-order valence-electron chi connectivity index (χ3n) is 5.24. The van der Waals surface area contributed by atoms with Crippen molar-refractivity contribution in [1.82, 2.24) is 29.2 Å². The molecule has 0 saturated carbocycles. The van der Waals surface area contributed by atoms with Gasteiger partial charge in [-0.15, -0.1) is 10.2 Å². The van der Waals surface area contributed by atoms with E-state index < -0.39 is 15.8 Å². The molecule has 1 aromatic carbocycles. The SMILES string of the molecule is Cc1cc(C)n(-c2ccc(SCC(=O)N3CCN(S(=O)(=O)c4ccccc4F)CC3)nn2)n1. The minimum absolute atomic E-state index is 0.115. The Balaban J connectivity index is 1.31. The van der Waals surface area contributed by atoms with Crippen LogP contribution < -0.4 is 0 Å². The van der Waals surface area contributed by atoms with E-state index in [1.54, 1.807) is 21.7 Å². The number of aromatic nitrogens is 4. The molecule has 0 atom stereocenters. The molecule has 0 bridgehead atoms. The van der Waals surface area contributed by atoms with Crippen LogP contribution in [0.3, 0.4) is 0 Å². The number of amides is 1. The quantitative estimate of drug-likeness (QED) is 0.488. The predicted octanol–water partition coefficient (Wildman–Crippen LogP) is 2.04. The average Bonchev–Trinajstić information content (AvgIpc) is 3.16. The Morgan fingerprint density at radius 2 is 1.79 bits per heavy atom. The van der Waals surface area contributed by atoms with Crippen molar-refractivity contribution in [2.75, 3.05) is 31.9 Å². The Labute approximate surface area is 195 Å². The molecule has 12 heteroatoms. The van der Waals surface area contributed by atoms with Gasteiger partial charge in [0.15, 0.2) is 5.82 Å². The van der Waals surface area contributed by atoms with Gasteiger partial charge in [-0.05, 0) is 44.2 Å². The van der Waals surface area contributed by atoms with Crippen LogP contribution in [0, 0.1) is 19.7 Å². The lowest BCUT2D eigenvalue weighted by molar-refractivity contribution is -0.129. The maximum atomic E-state index is 14.0. The van der Waals surface area contributed by atoms with Gasteiger partial charge < -0.3 is 4.90 Å². The topological polar surface area (TPSA) is 101 Å². The summed E-state index contributed by atoms with van der Waals surface area (Å²) in [5, 5.41) is 13.3. The van der Waals surface area contributed by atoms with Crippen LogP contribution in [0.15, 0.2) is 52.4 Å². The van der Waals surface area contributed by atoms with Crippen LogP contribution in [0.25, 0.3) is 5.82 Å². The Kier molecular flexibility index (Phi) is 6.77. The van der Waals surface area contributed by atoms with Crippen LogP contribution in [0.1, 0.15) is 11.4 Å². The molecule has 33 heavy (non-hydrogen) atoms. The van der Waals surface area contributed by atoms with Gasteiger partial charge in [0.05, 0.1) is 11.4 Å². The van der Waals surface area contributed by atoms with Gasteiger partial charge in [0.2, 0.25) is 15.9 Å². The highest BCUT2D eigenvalue weighted by Gasteiger charge is 2.31. The molecule has 1 amide bonds. The van der Waals surface area contributed by atoms with E-state index >= 15 is 0 Å². The Hall–Kier alpha value is -2.83. The summed E-state index contributed by atoms with van der Waals surface area (Å²) in [7, 11) is -3.94. The fraction of sp³-hybridized carbons (Fsp3) is 0.333. The maximum Gasteiger partial charge on any atom is 0.246 e. The molecule has 1 aliphatic rings. The van der Waals surface area contributed by atoms with E-state index in [0.717, 1.165) is 17.5 Å². The molecule has 0 N–H and O–H groups in total. The van der Waals surface area contributed by atoms with Gasteiger partial charge in [0.25, 0.3) is 0 Å². The van der Waals surface area contributed by atoms with Crippen LogP contribution in [0.2, 0.25) is 0 Å². The maximum absolute atomic E-state index is 14.0. The molecule has 4 rings (SSSR count). The average molecular weight is 491 g/mol. The van der Waals surface area contributed by atoms with Gasteiger partial charge in [-0.3, -0.25) is 4.79 Å². The van der Waals surface area contributed by atoms with E-state index in [9.17, 15) is 17.6 Å². The Morgan fingerprint density at radius 1 is 1.06 bits per heavy atom. The van der Waals surface area contributed by atoms with Crippen molar-refractivity contribution in [3.63, 3.8) is 0 Å². The van der Waals surface area contributed by atoms with Crippen LogP contribution in [-0.4, -0.2) is 75.4 Å². The number of nitrogens with zero attached hydrogens (tertiary/aromatic N) is 6. The van der Waals surface area contributed by atoms with E-state index in [2.05, 4.69) is 15.3 Å². The van der Waals surface area contributed by atoms with Gasteiger partial charge >= 0.3 is 0 Å². The smallest absolute Gasteiger partial charge is 0.246 e. The number of hydrogen-bond acceptors (Lipinski definition) is 7. The summed E-state index contributed by atoms with van der Waals surface area (Å²) >= 11 is 1.26. The number of halogens is 1. The van der Waals surface area contributed by atoms with E-state index in [1.165, 1.54) is 34.3 Å². The highest BCUT2D eigenvalue weighted by atomic mass is 32.2. The second-order valence-electron chi connectivity index (χ2n) is 7.57. The molecule has 1 fully saturated rings. The second kappa shape index (κ2) is 9.57. The fourth-order valence-electron chi connectivity index (χ4n) is 3.56. The summed E-state index contributed by atoms with van der Waals surface area (Å²) in [6, 6.07) is 10.8. The number of aryl methyl sites for hydroxylation is 2. The minimum atomic E-state index is -3.94. The Morgan fingerprint density at radius 3 is 2.39 bits per heavy atom. The van der Waals surface area contributed by atoms with Gasteiger partial charge in [0.1, 0.15) is 15.7 Å². The molecule has 9 nitrogen and oxygen atoms in total. The van der Waals surface area contributed by atoms with Crippen molar-refractivity contribution in [2.45, 2.75) is 23.8 Å². The highest BCUT2D eigenvalue weighted by molar-refractivity contribution is 7.99. The van der Waals surface area contributed by atoms with E-state index in [1.807, 2.05) is 19.9 Å². The third-order valence-corrected chi connectivity index (χ3v) is 8.08.